The maximum atomic E-state index is 9.21. The fraction of sp³-hybridized carbons (Fsp3) is 1.00. The smallest absolute Gasteiger partial charge is 0.128 e. The fourth-order valence-electron chi connectivity index (χ4n) is 1.05. The van der Waals surface area contributed by atoms with Crippen LogP contribution in [0.25, 0.3) is 0 Å². The quantitative estimate of drug-likeness (QED) is 0.493. The summed E-state index contributed by atoms with van der Waals surface area (Å²) in [6, 6.07) is 0. The summed E-state index contributed by atoms with van der Waals surface area (Å²) in [6.07, 6.45) is -0.155. The SMILES string of the molecule is CCC(CC)C(O)C(N)O. The van der Waals surface area contributed by atoms with Crippen LogP contribution in [0.4, 0.5) is 0 Å². The Labute approximate surface area is 61.9 Å². The molecule has 3 heteroatoms. The standard InChI is InChI=1S/C7H17NO2/c1-3-5(4-2)6(9)7(8)10/h5-7,9-10H,3-4,8H2,1-2H3. The zero-order chi connectivity index (χ0) is 8.15. The number of rotatable bonds is 4. The van der Waals surface area contributed by atoms with Crippen molar-refractivity contribution >= 4 is 0 Å². The van der Waals surface area contributed by atoms with E-state index in [0.717, 1.165) is 12.8 Å². The molecule has 4 N–H and O–H groups in total. The van der Waals surface area contributed by atoms with E-state index in [0.29, 0.717) is 0 Å². The molecule has 62 valence electrons. The molecule has 0 spiro atoms. The molecule has 0 aliphatic heterocycles. The number of hydrogen-bond donors (Lipinski definition) is 3. The van der Waals surface area contributed by atoms with Crippen LogP contribution >= 0.6 is 0 Å². The molecule has 0 fully saturated rings. The van der Waals surface area contributed by atoms with E-state index in [-0.39, 0.29) is 5.92 Å². The molecule has 0 bridgehead atoms. The van der Waals surface area contributed by atoms with Gasteiger partial charge in [0.05, 0.1) is 6.10 Å². The Bertz CT molecular complexity index is 81.7. The Hall–Kier alpha value is -0.120. The van der Waals surface area contributed by atoms with Crippen molar-refractivity contribution in [2.75, 3.05) is 0 Å². The summed E-state index contributed by atoms with van der Waals surface area (Å²) in [5.74, 6) is 0.125. The van der Waals surface area contributed by atoms with Gasteiger partial charge in [0, 0.05) is 0 Å². The lowest BCUT2D eigenvalue weighted by atomic mass is 9.96. The summed E-state index contributed by atoms with van der Waals surface area (Å²) in [5.41, 5.74) is 5.09. The lowest BCUT2D eigenvalue weighted by molar-refractivity contribution is -0.0157. The van der Waals surface area contributed by atoms with E-state index < -0.39 is 12.3 Å². The number of aliphatic hydroxyl groups is 2. The Balaban J connectivity index is 3.76. The van der Waals surface area contributed by atoms with E-state index in [4.69, 9.17) is 10.8 Å². The summed E-state index contributed by atoms with van der Waals surface area (Å²) >= 11 is 0. The third kappa shape index (κ3) is 2.64. The van der Waals surface area contributed by atoms with Gasteiger partial charge in [-0.15, -0.1) is 0 Å². The summed E-state index contributed by atoms with van der Waals surface area (Å²) in [5, 5.41) is 18.0. The highest BCUT2D eigenvalue weighted by molar-refractivity contribution is 4.69. The molecular formula is C7H17NO2. The fourth-order valence-corrected chi connectivity index (χ4v) is 1.05. The number of hydrogen-bond acceptors (Lipinski definition) is 3. The van der Waals surface area contributed by atoms with Crippen LogP contribution in [-0.4, -0.2) is 22.5 Å². The molecule has 0 radical (unpaired) electrons. The van der Waals surface area contributed by atoms with E-state index in [1.807, 2.05) is 13.8 Å². The van der Waals surface area contributed by atoms with Gasteiger partial charge in [0.15, 0.2) is 0 Å². The van der Waals surface area contributed by atoms with Crippen molar-refractivity contribution in [3.05, 3.63) is 0 Å². The van der Waals surface area contributed by atoms with Gasteiger partial charge in [-0.3, -0.25) is 0 Å². The molecule has 0 saturated heterocycles. The Morgan fingerprint density at radius 3 is 1.70 bits per heavy atom. The van der Waals surface area contributed by atoms with Gasteiger partial charge >= 0.3 is 0 Å². The molecule has 3 nitrogen and oxygen atoms in total. The highest BCUT2D eigenvalue weighted by Crippen LogP contribution is 2.13. The second-order valence-corrected chi connectivity index (χ2v) is 2.56. The third-order valence-corrected chi connectivity index (χ3v) is 1.88. The molecule has 0 aliphatic rings. The molecule has 0 aliphatic carbocycles. The van der Waals surface area contributed by atoms with Gasteiger partial charge in [-0.05, 0) is 5.92 Å². The van der Waals surface area contributed by atoms with Crippen LogP contribution in [-0.2, 0) is 0 Å². The predicted octanol–water partition coefficient (Wildman–Crippen LogP) is 0.0606. The van der Waals surface area contributed by atoms with Crippen LogP contribution < -0.4 is 5.73 Å². The first-order valence-corrected chi connectivity index (χ1v) is 3.75. The minimum atomic E-state index is -1.09. The highest BCUT2D eigenvalue weighted by Gasteiger charge is 2.19. The molecule has 0 heterocycles. The van der Waals surface area contributed by atoms with Gasteiger partial charge in [0.25, 0.3) is 0 Å². The lowest BCUT2D eigenvalue weighted by Crippen LogP contribution is -2.39. The minimum Gasteiger partial charge on any atom is -0.389 e. The van der Waals surface area contributed by atoms with Gasteiger partial charge in [-0.25, -0.2) is 0 Å². The molecule has 10 heavy (non-hydrogen) atoms. The first-order chi connectivity index (χ1) is 4.63. The maximum absolute atomic E-state index is 9.21. The molecule has 0 saturated carbocycles. The summed E-state index contributed by atoms with van der Waals surface area (Å²) < 4.78 is 0. The van der Waals surface area contributed by atoms with Crippen LogP contribution in [0.3, 0.4) is 0 Å². The normalized spacial score (nSPS) is 17.4. The molecule has 0 aromatic carbocycles. The Morgan fingerprint density at radius 2 is 1.60 bits per heavy atom. The molecule has 0 aromatic heterocycles. The summed E-state index contributed by atoms with van der Waals surface area (Å²) in [4.78, 5) is 0. The number of nitrogens with two attached hydrogens (primary N) is 1. The Morgan fingerprint density at radius 1 is 1.20 bits per heavy atom. The van der Waals surface area contributed by atoms with Crippen molar-refractivity contribution in [2.45, 2.75) is 39.0 Å². The van der Waals surface area contributed by atoms with E-state index in [2.05, 4.69) is 0 Å². The van der Waals surface area contributed by atoms with Crippen LogP contribution in [0.15, 0.2) is 0 Å². The summed E-state index contributed by atoms with van der Waals surface area (Å²) in [6.45, 7) is 3.94. The van der Waals surface area contributed by atoms with Gasteiger partial charge in [0.2, 0.25) is 0 Å². The van der Waals surface area contributed by atoms with Gasteiger partial charge < -0.3 is 15.9 Å². The minimum absolute atomic E-state index is 0.125. The van der Waals surface area contributed by atoms with Crippen molar-refractivity contribution in [1.29, 1.82) is 0 Å². The predicted molar refractivity (Wildman–Crippen MR) is 40.3 cm³/mol. The highest BCUT2D eigenvalue weighted by atomic mass is 16.3. The van der Waals surface area contributed by atoms with Gasteiger partial charge in [0.1, 0.15) is 6.23 Å². The first kappa shape index (κ1) is 9.88. The number of aliphatic hydroxyl groups excluding tert-OH is 2. The van der Waals surface area contributed by atoms with E-state index in [1.165, 1.54) is 0 Å². The summed E-state index contributed by atoms with van der Waals surface area (Å²) in [7, 11) is 0. The van der Waals surface area contributed by atoms with E-state index >= 15 is 0 Å². The molecule has 0 amide bonds. The zero-order valence-electron chi connectivity index (χ0n) is 6.62. The van der Waals surface area contributed by atoms with Crippen LogP contribution in [0, 0.1) is 5.92 Å². The van der Waals surface area contributed by atoms with Crippen LogP contribution in [0.2, 0.25) is 0 Å². The maximum Gasteiger partial charge on any atom is 0.128 e. The zero-order valence-corrected chi connectivity index (χ0v) is 6.62. The monoisotopic (exact) mass is 147 g/mol. The second kappa shape index (κ2) is 4.66. The molecule has 2 atom stereocenters. The molecule has 2 unspecified atom stereocenters. The Kier molecular flexibility index (Phi) is 4.60. The van der Waals surface area contributed by atoms with Crippen molar-refractivity contribution < 1.29 is 10.2 Å². The average Bonchev–Trinajstić information content (AvgIpc) is 1.90. The first-order valence-electron chi connectivity index (χ1n) is 3.75. The van der Waals surface area contributed by atoms with E-state index in [1.54, 1.807) is 0 Å². The van der Waals surface area contributed by atoms with Gasteiger partial charge in [-0.1, -0.05) is 26.7 Å². The van der Waals surface area contributed by atoms with Gasteiger partial charge in [-0.2, -0.15) is 0 Å². The topological polar surface area (TPSA) is 66.5 Å². The largest absolute Gasteiger partial charge is 0.389 e. The van der Waals surface area contributed by atoms with Crippen molar-refractivity contribution in [1.82, 2.24) is 0 Å². The van der Waals surface area contributed by atoms with Crippen molar-refractivity contribution in [2.24, 2.45) is 11.7 Å². The van der Waals surface area contributed by atoms with Crippen molar-refractivity contribution in [3.63, 3.8) is 0 Å². The average molecular weight is 147 g/mol. The van der Waals surface area contributed by atoms with Crippen LogP contribution in [0.1, 0.15) is 26.7 Å². The lowest BCUT2D eigenvalue weighted by Gasteiger charge is -2.21. The molecule has 0 rings (SSSR count). The van der Waals surface area contributed by atoms with E-state index in [9.17, 15) is 5.11 Å². The second-order valence-electron chi connectivity index (χ2n) is 2.56. The third-order valence-electron chi connectivity index (χ3n) is 1.88. The molecular weight excluding hydrogens is 130 g/mol. The molecule has 0 aromatic rings. The van der Waals surface area contributed by atoms with Crippen molar-refractivity contribution in [3.8, 4) is 0 Å². The van der Waals surface area contributed by atoms with Crippen LogP contribution in [0.5, 0.6) is 0 Å².